The van der Waals surface area contributed by atoms with Crippen molar-refractivity contribution in [1.29, 1.82) is 0 Å². The van der Waals surface area contributed by atoms with E-state index in [1.54, 1.807) is 0 Å². The minimum absolute atomic E-state index is 0.135. The molecule has 144 valence electrons. The van der Waals surface area contributed by atoms with Crippen molar-refractivity contribution in [2.45, 2.75) is 71.4 Å². The fourth-order valence-corrected chi connectivity index (χ4v) is 4.00. The monoisotopic (exact) mass is 380 g/mol. The van der Waals surface area contributed by atoms with E-state index in [-0.39, 0.29) is 12.1 Å². The number of amides is 1. The van der Waals surface area contributed by atoms with E-state index in [4.69, 9.17) is 16.3 Å². The number of rotatable bonds is 4. The highest BCUT2D eigenvalue weighted by atomic mass is 35.5. The Hall–Kier alpha value is -1.56. The van der Waals surface area contributed by atoms with Gasteiger partial charge in [-0.05, 0) is 64.5 Å². The second kappa shape index (κ2) is 7.59. The van der Waals surface area contributed by atoms with E-state index in [1.807, 2.05) is 25.7 Å². The molecule has 0 unspecified atom stereocenters. The number of carbonyl (C=O) groups excluding carboxylic acids is 1. The van der Waals surface area contributed by atoms with Crippen molar-refractivity contribution in [2.75, 3.05) is 24.5 Å². The number of carbonyl (C=O) groups is 1. The van der Waals surface area contributed by atoms with Crippen molar-refractivity contribution in [1.82, 2.24) is 14.9 Å². The Kier molecular flexibility index (Phi) is 5.61. The number of halogens is 1. The summed E-state index contributed by atoms with van der Waals surface area (Å²) in [5, 5.41) is 0.321. The Balaban J connectivity index is 1.75. The smallest absolute Gasteiger partial charge is 0.410 e. The van der Waals surface area contributed by atoms with E-state index >= 15 is 0 Å². The molecule has 2 heterocycles. The molecule has 1 aliphatic heterocycles. The third-order valence-corrected chi connectivity index (χ3v) is 5.05. The third-order valence-electron chi connectivity index (χ3n) is 4.88. The summed E-state index contributed by atoms with van der Waals surface area (Å²) in [5.41, 5.74) is 1.83. The number of nitrogens with zero attached hydrogens (tertiary/aromatic N) is 4. The van der Waals surface area contributed by atoms with E-state index in [0.717, 1.165) is 56.7 Å². The van der Waals surface area contributed by atoms with Gasteiger partial charge in [-0.3, -0.25) is 0 Å². The van der Waals surface area contributed by atoms with Crippen LogP contribution in [0.4, 0.5) is 10.6 Å². The van der Waals surface area contributed by atoms with Gasteiger partial charge in [-0.15, -0.1) is 0 Å². The van der Waals surface area contributed by atoms with E-state index < -0.39 is 5.60 Å². The van der Waals surface area contributed by atoms with Crippen LogP contribution in [0.5, 0.6) is 0 Å². The minimum Gasteiger partial charge on any atom is -0.444 e. The topological polar surface area (TPSA) is 58.6 Å². The number of hydrogen-bond acceptors (Lipinski definition) is 5. The molecule has 26 heavy (non-hydrogen) atoms. The fraction of sp³-hybridized carbons (Fsp3) is 0.737. The summed E-state index contributed by atoms with van der Waals surface area (Å²) in [7, 11) is 0. The van der Waals surface area contributed by atoms with Gasteiger partial charge in [0.15, 0.2) is 0 Å². The molecule has 1 aliphatic carbocycles. The van der Waals surface area contributed by atoms with Crippen LogP contribution in [0.2, 0.25) is 5.28 Å². The van der Waals surface area contributed by atoms with Crippen molar-refractivity contribution >= 4 is 23.5 Å². The van der Waals surface area contributed by atoms with Crippen LogP contribution < -0.4 is 4.90 Å². The quantitative estimate of drug-likeness (QED) is 0.742. The van der Waals surface area contributed by atoms with Gasteiger partial charge in [-0.2, -0.15) is 0 Å². The second-order valence-corrected chi connectivity index (χ2v) is 8.50. The first-order chi connectivity index (χ1) is 12.3. The highest BCUT2D eigenvalue weighted by molar-refractivity contribution is 6.28. The van der Waals surface area contributed by atoms with Crippen molar-refractivity contribution in [2.24, 2.45) is 0 Å². The summed E-state index contributed by atoms with van der Waals surface area (Å²) in [5.74, 6) is 0.959. The van der Waals surface area contributed by atoms with E-state index in [9.17, 15) is 4.79 Å². The number of aryl methyl sites for hydroxylation is 1. The zero-order valence-corrected chi connectivity index (χ0v) is 17.0. The van der Waals surface area contributed by atoms with Crippen molar-refractivity contribution in [3.05, 3.63) is 16.5 Å². The van der Waals surface area contributed by atoms with Crippen molar-refractivity contribution < 1.29 is 9.53 Å². The van der Waals surface area contributed by atoms with E-state index in [1.165, 1.54) is 5.56 Å². The third kappa shape index (κ3) is 4.22. The molecule has 0 radical (unpaired) electrons. The highest BCUT2D eigenvalue weighted by Gasteiger charge is 2.35. The van der Waals surface area contributed by atoms with Gasteiger partial charge in [0.25, 0.3) is 0 Å². The largest absolute Gasteiger partial charge is 0.444 e. The van der Waals surface area contributed by atoms with Crippen LogP contribution in [0.1, 0.15) is 58.2 Å². The Bertz CT molecular complexity index is 674. The van der Waals surface area contributed by atoms with Gasteiger partial charge in [0.05, 0.1) is 11.7 Å². The summed E-state index contributed by atoms with van der Waals surface area (Å²) < 4.78 is 5.62. The molecule has 1 aromatic rings. The summed E-state index contributed by atoms with van der Waals surface area (Å²) in [4.78, 5) is 25.7. The van der Waals surface area contributed by atoms with Gasteiger partial charge in [-0.25, -0.2) is 14.8 Å². The Morgan fingerprint density at radius 3 is 2.81 bits per heavy atom. The number of hydrogen-bond donors (Lipinski definition) is 0. The molecule has 0 aromatic carbocycles. The molecule has 6 nitrogen and oxygen atoms in total. The van der Waals surface area contributed by atoms with Gasteiger partial charge in [-0.1, -0.05) is 6.92 Å². The molecule has 2 aliphatic rings. The lowest BCUT2D eigenvalue weighted by molar-refractivity contribution is 0.0178. The fourth-order valence-electron chi connectivity index (χ4n) is 3.82. The summed E-state index contributed by atoms with van der Waals surface area (Å²) in [6, 6.07) is 0.135. The number of anilines is 1. The summed E-state index contributed by atoms with van der Waals surface area (Å²) in [6.45, 7) is 10.1. The lowest BCUT2D eigenvalue weighted by Crippen LogP contribution is -2.45. The Labute approximate surface area is 160 Å². The van der Waals surface area contributed by atoms with Crippen molar-refractivity contribution in [3.8, 4) is 0 Å². The maximum Gasteiger partial charge on any atom is 0.410 e. The van der Waals surface area contributed by atoms with Gasteiger partial charge in [0.2, 0.25) is 5.28 Å². The van der Waals surface area contributed by atoms with Gasteiger partial charge < -0.3 is 14.5 Å². The average Bonchev–Trinajstić information content (AvgIpc) is 3.18. The van der Waals surface area contributed by atoms with E-state index in [2.05, 4.69) is 21.8 Å². The first-order valence-electron chi connectivity index (χ1n) is 9.58. The SMILES string of the molecule is CCCN(C(=O)OC(C)(C)C)[C@H]1CCN(c2nc(Cl)nc3c2CCC3)C1. The van der Waals surface area contributed by atoms with Gasteiger partial charge in [0, 0.05) is 25.2 Å². The molecular formula is C19H29ClN4O2. The zero-order chi connectivity index (χ0) is 18.9. The van der Waals surface area contributed by atoms with E-state index in [0.29, 0.717) is 11.8 Å². The van der Waals surface area contributed by atoms with Crippen LogP contribution in [-0.2, 0) is 17.6 Å². The van der Waals surface area contributed by atoms with Crippen LogP contribution >= 0.6 is 11.6 Å². The Morgan fingerprint density at radius 1 is 1.35 bits per heavy atom. The molecule has 7 heteroatoms. The number of aromatic nitrogens is 2. The van der Waals surface area contributed by atoms with Crippen LogP contribution in [0.25, 0.3) is 0 Å². The first kappa shape index (κ1) is 19.2. The lowest BCUT2D eigenvalue weighted by Gasteiger charge is -2.31. The lowest BCUT2D eigenvalue weighted by atomic mass is 10.2. The summed E-state index contributed by atoms with van der Waals surface area (Å²) in [6.07, 6.45) is 4.68. The molecule has 0 bridgehead atoms. The molecule has 0 N–H and O–H groups in total. The molecule has 1 fully saturated rings. The van der Waals surface area contributed by atoms with Crippen LogP contribution in [0.3, 0.4) is 0 Å². The molecule has 1 atom stereocenters. The highest BCUT2D eigenvalue weighted by Crippen LogP contribution is 2.32. The zero-order valence-electron chi connectivity index (χ0n) is 16.2. The number of fused-ring (bicyclic) bond motifs is 1. The maximum atomic E-state index is 12.7. The van der Waals surface area contributed by atoms with Crippen molar-refractivity contribution in [3.63, 3.8) is 0 Å². The standard InChI is InChI=1S/C19H29ClN4O2/c1-5-10-24(18(25)26-19(2,3)4)13-9-11-23(12-13)16-14-7-6-8-15(14)21-17(20)22-16/h13H,5-12H2,1-4H3/t13-/m0/s1. The normalized spacial score (nSPS) is 19.6. The molecule has 0 spiro atoms. The molecular weight excluding hydrogens is 352 g/mol. The van der Waals surface area contributed by atoms with Crippen LogP contribution in [0.15, 0.2) is 0 Å². The molecule has 1 saturated heterocycles. The predicted octanol–water partition coefficient (Wildman–Crippen LogP) is 3.84. The van der Waals surface area contributed by atoms with Gasteiger partial charge >= 0.3 is 6.09 Å². The summed E-state index contributed by atoms with van der Waals surface area (Å²) >= 11 is 6.15. The molecule has 1 aromatic heterocycles. The molecule has 1 amide bonds. The molecule has 0 saturated carbocycles. The van der Waals surface area contributed by atoms with Crippen LogP contribution in [0, 0.1) is 0 Å². The minimum atomic E-state index is -0.484. The predicted molar refractivity (Wildman–Crippen MR) is 103 cm³/mol. The first-order valence-corrected chi connectivity index (χ1v) is 9.96. The average molecular weight is 381 g/mol. The molecule has 3 rings (SSSR count). The Morgan fingerprint density at radius 2 is 2.12 bits per heavy atom. The van der Waals surface area contributed by atoms with Crippen LogP contribution in [-0.4, -0.2) is 52.2 Å². The maximum absolute atomic E-state index is 12.7. The number of ether oxygens (including phenoxy) is 1. The van der Waals surface area contributed by atoms with Gasteiger partial charge in [0.1, 0.15) is 11.4 Å². The second-order valence-electron chi connectivity index (χ2n) is 8.16.